The van der Waals surface area contributed by atoms with E-state index in [-0.39, 0.29) is 16.8 Å². The third kappa shape index (κ3) is 3.14. The second-order valence-electron chi connectivity index (χ2n) is 6.29. The number of Topliss-reactive ketones (excluding diaryl/α,β-unsaturated/α-hetero) is 1. The number of nitrogens with zero attached hydrogens (tertiary/aromatic N) is 3. The first-order chi connectivity index (χ1) is 14.0. The van der Waals surface area contributed by atoms with Gasteiger partial charge in [0.2, 0.25) is 0 Å². The van der Waals surface area contributed by atoms with Gasteiger partial charge in [0.1, 0.15) is 17.4 Å². The molecule has 1 aromatic carbocycles. The van der Waals surface area contributed by atoms with Crippen LogP contribution in [0.1, 0.15) is 17.2 Å². The van der Waals surface area contributed by atoms with Gasteiger partial charge in [0, 0.05) is 36.4 Å². The first-order valence-electron chi connectivity index (χ1n) is 8.55. The zero-order valence-electron chi connectivity index (χ0n) is 14.8. The Morgan fingerprint density at radius 1 is 1.00 bits per heavy atom. The molecule has 2 aromatic heterocycles. The molecule has 1 N–H and O–H groups in total. The number of benzene rings is 1. The van der Waals surface area contributed by atoms with Gasteiger partial charge in [0.05, 0.1) is 17.3 Å². The normalized spacial score (nSPS) is 18.3. The molecule has 29 heavy (non-hydrogen) atoms. The van der Waals surface area contributed by atoms with Crippen molar-refractivity contribution in [2.24, 2.45) is 0 Å². The number of amides is 1. The average Bonchev–Trinajstić information content (AvgIpc) is 3.00. The van der Waals surface area contributed by atoms with Gasteiger partial charge in [0.25, 0.3) is 11.7 Å². The number of anilines is 1. The monoisotopic (exact) mass is 393 g/mol. The van der Waals surface area contributed by atoms with Crippen molar-refractivity contribution in [1.29, 1.82) is 0 Å². The van der Waals surface area contributed by atoms with E-state index in [0.29, 0.717) is 11.6 Å². The summed E-state index contributed by atoms with van der Waals surface area (Å²) in [5.41, 5.74) is 0.145. The molecule has 1 unspecified atom stereocenters. The molecule has 6 nitrogen and oxygen atoms in total. The van der Waals surface area contributed by atoms with E-state index in [4.69, 9.17) is 0 Å². The van der Waals surface area contributed by atoms with Crippen molar-refractivity contribution >= 4 is 23.1 Å². The van der Waals surface area contributed by atoms with E-state index in [1.807, 2.05) is 0 Å². The van der Waals surface area contributed by atoms with Crippen LogP contribution in [0.15, 0.2) is 72.8 Å². The van der Waals surface area contributed by atoms with Crippen LogP contribution in [0.5, 0.6) is 0 Å². The second kappa shape index (κ2) is 7.23. The molecule has 0 bridgehead atoms. The average molecular weight is 393 g/mol. The lowest BCUT2D eigenvalue weighted by Crippen LogP contribution is -2.30. The van der Waals surface area contributed by atoms with E-state index >= 15 is 0 Å². The molecule has 4 rings (SSSR count). The predicted molar refractivity (Wildman–Crippen MR) is 99.6 cm³/mol. The molecule has 0 aliphatic carbocycles. The van der Waals surface area contributed by atoms with Gasteiger partial charge >= 0.3 is 0 Å². The maximum atomic E-state index is 14.5. The molecule has 0 spiro atoms. The Morgan fingerprint density at radius 2 is 1.76 bits per heavy atom. The molecular weight excluding hydrogens is 380 g/mol. The Labute approximate surface area is 163 Å². The van der Waals surface area contributed by atoms with E-state index in [1.165, 1.54) is 36.9 Å². The SMILES string of the molecule is O=C1C(=O)N(c2ccc(F)cc2F)C(c2cccnc2)/C1=C(\O)c1ccncc1. The molecule has 1 saturated heterocycles. The number of hydrogen-bond acceptors (Lipinski definition) is 5. The van der Waals surface area contributed by atoms with Crippen LogP contribution in [-0.4, -0.2) is 26.8 Å². The molecule has 1 aliphatic rings. The molecule has 3 aromatic rings. The summed E-state index contributed by atoms with van der Waals surface area (Å²) in [6.45, 7) is 0. The standard InChI is InChI=1S/C21H13F2N3O3/c22-14-3-4-16(15(23)10-14)26-18(13-2-1-7-25-11-13)17(20(28)21(26)29)19(27)12-5-8-24-9-6-12/h1-11,18,27H/b19-17+. The first-order valence-corrected chi connectivity index (χ1v) is 8.55. The highest BCUT2D eigenvalue weighted by Crippen LogP contribution is 2.42. The topological polar surface area (TPSA) is 83.4 Å². The van der Waals surface area contributed by atoms with E-state index in [1.54, 1.807) is 12.1 Å². The molecule has 144 valence electrons. The lowest BCUT2D eigenvalue weighted by atomic mass is 9.96. The van der Waals surface area contributed by atoms with Crippen LogP contribution in [-0.2, 0) is 9.59 Å². The van der Waals surface area contributed by atoms with Crippen LogP contribution in [0, 0.1) is 11.6 Å². The van der Waals surface area contributed by atoms with Crippen molar-refractivity contribution in [1.82, 2.24) is 9.97 Å². The van der Waals surface area contributed by atoms with Crippen molar-refractivity contribution in [3.05, 3.63) is 95.6 Å². The number of hydrogen-bond donors (Lipinski definition) is 1. The van der Waals surface area contributed by atoms with Crippen LogP contribution in [0.3, 0.4) is 0 Å². The number of aromatic nitrogens is 2. The Kier molecular flexibility index (Phi) is 4.59. The van der Waals surface area contributed by atoms with E-state index in [9.17, 15) is 23.5 Å². The Balaban J connectivity index is 1.97. The Bertz CT molecular complexity index is 1130. The number of carbonyl (C=O) groups is 2. The van der Waals surface area contributed by atoms with Gasteiger partial charge in [-0.1, -0.05) is 6.07 Å². The summed E-state index contributed by atoms with van der Waals surface area (Å²) in [7, 11) is 0. The maximum Gasteiger partial charge on any atom is 0.300 e. The number of carbonyl (C=O) groups excluding carboxylic acids is 2. The van der Waals surface area contributed by atoms with Gasteiger partial charge in [-0.2, -0.15) is 0 Å². The van der Waals surface area contributed by atoms with Crippen LogP contribution in [0.25, 0.3) is 5.76 Å². The van der Waals surface area contributed by atoms with Crippen LogP contribution in [0.2, 0.25) is 0 Å². The van der Waals surface area contributed by atoms with Gasteiger partial charge in [0.15, 0.2) is 0 Å². The highest BCUT2D eigenvalue weighted by Gasteiger charge is 2.47. The minimum Gasteiger partial charge on any atom is -0.507 e. The molecule has 1 aliphatic heterocycles. The minimum atomic E-state index is -1.14. The van der Waals surface area contributed by atoms with Gasteiger partial charge in [-0.25, -0.2) is 8.78 Å². The third-order valence-corrected chi connectivity index (χ3v) is 4.57. The molecule has 8 heteroatoms. The largest absolute Gasteiger partial charge is 0.507 e. The molecule has 3 heterocycles. The number of aliphatic hydroxyl groups excluding tert-OH is 1. The van der Waals surface area contributed by atoms with Crippen LogP contribution < -0.4 is 4.90 Å². The lowest BCUT2D eigenvalue weighted by molar-refractivity contribution is -0.132. The number of ketones is 1. The quantitative estimate of drug-likeness (QED) is 0.419. The lowest BCUT2D eigenvalue weighted by Gasteiger charge is -2.25. The van der Waals surface area contributed by atoms with Crippen LogP contribution in [0.4, 0.5) is 14.5 Å². The molecule has 1 amide bonds. The number of aliphatic hydroxyl groups is 1. The smallest absolute Gasteiger partial charge is 0.300 e. The zero-order valence-corrected chi connectivity index (χ0v) is 14.8. The van der Waals surface area contributed by atoms with E-state index in [0.717, 1.165) is 17.0 Å². The van der Waals surface area contributed by atoms with Gasteiger partial charge in [-0.05, 0) is 35.9 Å². The third-order valence-electron chi connectivity index (χ3n) is 4.57. The summed E-state index contributed by atoms with van der Waals surface area (Å²) in [5.74, 6) is -4.29. The summed E-state index contributed by atoms with van der Waals surface area (Å²) < 4.78 is 27.9. The highest BCUT2D eigenvalue weighted by atomic mass is 19.1. The first kappa shape index (κ1) is 18.4. The number of halogens is 2. The molecule has 0 saturated carbocycles. The van der Waals surface area contributed by atoms with Crippen molar-refractivity contribution in [3.63, 3.8) is 0 Å². The van der Waals surface area contributed by atoms with Crippen LogP contribution >= 0.6 is 0 Å². The van der Waals surface area contributed by atoms with Crippen molar-refractivity contribution in [2.45, 2.75) is 6.04 Å². The number of rotatable bonds is 3. The minimum absolute atomic E-state index is 0.224. The summed E-state index contributed by atoms with van der Waals surface area (Å²) in [4.78, 5) is 34.4. The maximum absolute atomic E-state index is 14.5. The fourth-order valence-corrected chi connectivity index (χ4v) is 3.28. The van der Waals surface area contributed by atoms with Gasteiger partial charge < -0.3 is 5.11 Å². The van der Waals surface area contributed by atoms with Crippen molar-refractivity contribution < 1.29 is 23.5 Å². The van der Waals surface area contributed by atoms with Gasteiger partial charge in [-0.3, -0.25) is 24.5 Å². The summed E-state index contributed by atoms with van der Waals surface area (Å²) in [5, 5.41) is 10.8. The Hall–Kier alpha value is -3.94. The summed E-state index contributed by atoms with van der Waals surface area (Å²) in [6.07, 6.45) is 5.75. The predicted octanol–water partition coefficient (Wildman–Crippen LogP) is 3.38. The summed E-state index contributed by atoms with van der Waals surface area (Å²) >= 11 is 0. The fourth-order valence-electron chi connectivity index (χ4n) is 3.28. The molecule has 0 radical (unpaired) electrons. The Morgan fingerprint density at radius 3 is 2.41 bits per heavy atom. The summed E-state index contributed by atoms with van der Waals surface area (Å²) in [6, 6.07) is 7.67. The zero-order chi connectivity index (χ0) is 20.5. The van der Waals surface area contributed by atoms with Gasteiger partial charge in [-0.15, -0.1) is 0 Å². The molecule has 1 fully saturated rings. The number of pyridine rings is 2. The van der Waals surface area contributed by atoms with E-state index in [2.05, 4.69) is 9.97 Å². The van der Waals surface area contributed by atoms with Crippen molar-refractivity contribution in [3.8, 4) is 0 Å². The van der Waals surface area contributed by atoms with E-state index < -0.39 is 35.1 Å². The second-order valence-corrected chi connectivity index (χ2v) is 6.29. The molecule has 1 atom stereocenters. The highest BCUT2D eigenvalue weighted by molar-refractivity contribution is 6.51. The fraction of sp³-hybridized carbons (Fsp3) is 0.0476. The molecular formula is C21H13F2N3O3. The van der Waals surface area contributed by atoms with Crippen molar-refractivity contribution in [2.75, 3.05) is 4.90 Å².